The predicted octanol–water partition coefficient (Wildman–Crippen LogP) is 2.94. The van der Waals surface area contributed by atoms with Gasteiger partial charge in [-0.2, -0.15) is 13.2 Å². The Balaban J connectivity index is 1.87. The summed E-state index contributed by atoms with van der Waals surface area (Å²) in [5, 5.41) is 6.28. The second-order valence-corrected chi connectivity index (χ2v) is 5.09. The molecule has 0 amide bonds. The van der Waals surface area contributed by atoms with Crippen LogP contribution in [0.3, 0.4) is 0 Å². The van der Waals surface area contributed by atoms with Crippen molar-refractivity contribution < 1.29 is 13.2 Å². The highest BCUT2D eigenvalue weighted by Crippen LogP contribution is 2.29. The summed E-state index contributed by atoms with van der Waals surface area (Å²) in [5.41, 5.74) is -0.354. The molecule has 0 spiro atoms. The van der Waals surface area contributed by atoms with E-state index in [1.54, 1.807) is 13.1 Å². The molecule has 6 heteroatoms. The summed E-state index contributed by atoms with van der Waals surface area (Å²) >= 11 is 0. The molecular formula is C17H18F3N3. The van der Waals surface area contributed by atoms with Crippen LogP contribution in [0.1, 0.15) is 24.0 Å². The summed E-state index contributed by atoms with van der Waals surface area (Å²) in [4.78, 5) is 4.09. The second kappa shape index (κ2) is 7.73. The maximum Gasteiger partial charge on any atom is 0.416 e. The fourth-order valence-corrected chi connectivity index (χ4v) is 2.17. The molecule has 0 saturated carbocycles. The number of halogens is 3. The van der Waals surface area contributed by atoms with E-state index in [1.807, 2.05) is 0 Å². The van der Waals surface area contributed by atoms with Gasteiger partial charge in [0.25, 0.3) is 0 Å². The van der Waals surface area contributed by atoms with Crippen LogP contribution >= 0.6 is 0 Å². The summed E-state index contributed by atoms with van der Waals surface area (Å²) in [7, 11) is 1.66. The Kier molecular flexibility index (Phi) is 5.69. The molecule has 1 aromatic carbocycles. The molecule has 0 saturated heterocycles. The molecule has 0 atom stereocenters. The first-order chi connectivity index (χ1) is 11.0. The fraction of sp³-hybridized carbons (Fsp3) is 0.353. The van der Waals surface area contributed by atoms with Crippen molar-refractivity contribution in [3.63, 3.8) is 0 Å². The van der Waals surface area contributed by atoms with E-state index in [4.69, 9.17) is 0 Å². The minimum Gasteiger partial charge on any atom is -0.353 e. The molecule has 122 valence electrons. The molecule has 3 nitrogen and oxygen atoms in total. The van der Waals surface area contributed by atoms with Gasteiger partial charge in [0.15, 0.2) is 5.96 Å². The molecule has 0 aromatic heterocycles. The molecule has 0 bridgehead atoms. The van der Waals surface area contributed by atoms with Gasteiger partial charge in [-0.1, -0.05) is 30.1 Å². The van der Waals surface area contributed by atoms with E-state index in [0.29, 0.717) is 24.1 Å². The van der Waals surface area contributed by atoms with Crippen LogP contribution in [0.25, 0.3) is 0 Å². The number of alkyl halides is 3. The van der Waals surface area contributed by atoms with E-state index in [-0.39, 0.29) is 0 Å². The minimum atomic E-state index is -4.35. The highest BCUT2D eigenvalue weighted by Gasteiger charge is 2.30. The topological polar surface area (TPSA) is 36.4 Å². The standard InChI is InChI=1S/C17H18F3N3/c1-21-16(23-15-9-2-3-10-15)22-11-5-7-13-6-4-8-14(12-13)17(18,19)20/h2-4,6,8,12,15H,9-11H2,1H3,(H2,21,22,23). The number of aliphatic imine (C=N–C) groups is 1. The van der Waals surface area contributed by atoms with Gasteiger partial charge in [0.05, 0.1) is 12.1 Å². The van der Waals surface area contributed by atoms with E-state index in [9.17, 15) is 13.2 Å². The Labute approximate surface area is 133 Å². The summed E-state index contributed by atoms with van der Waals surface area (Å²) in [6.07, 6.45) is 1.78. The first-order valence-corrected chi connectivity index (χ1v) is 7.27. The second-order valence-electron chi connectivity index (χ2n) is 5.09. The van der Waals surface area contributed by atoms with Crippen LogP contribution in [0.15, 0.2) is 41.4 Å². The Morgan fingerprint density at radius 2 is 2.04 bits per heavy atom. The number of nitrogens with one attached hydrogen (secondary N) is 2. The normalized spacial score (nSPS) is 15.2. The van der Waals surface area contributed by atoms with Gasteiger partial charge in [-0.15, -0.1) is 0 Å². The molecule has 2 N–H and O–H groups in total. The van der Waals surface area contributed by atoms with Crippen LogP contribution in [0.5, 0.6) is 0 Å². The van der Waals surface area contributed by atoms with Gasteiger partial charge in [-0.3, -0.25) is 4.99 Å². The maximum absolute atomic E-state index is 12.6. The van der Waals surface area contributed by atoms with Crippen molar-refractivity contribution in [2.45, 2.75) is 25.1 Å². The zero-order chi connectivity index (χ0) is 16.7. The van der Waals surface area contributed by atoms with Crippen LogP contribution in [-0.4, -0.2) is 25.6 Å². The lowest BCUT2D eigenvalue weighted by Gasteiger charge is -2.15. The largest absolute Gasteiger partial charge is 0.416 e. The number of guanidine groups is 1. The zero-order valence-corrected chi connectivity index (χ0v) is 12.7. The molecule has 23 heavy (non-hydrogen) atoms. The van der Waals surface area contributed by atoms with Gasteiger partial charge in [0.2, 0.25) is 0 Å². The van der Waals surface area contributed by atoms with Gasteiger partial charge in [-0.25, -0.2) is 0 Å². The van der Waals surface area contributed by atoms with Gasteiger partial charge in [0, 0.05) is 18.7 Å². The molecule has 1 aromatic rings. The lowest BCUT2D eigenvalue weighted by Crippen LogP contribution is -2.42. The fourth-order valence-electron chi connectivity index (χ4n) is 2.17. The molecule has 1 aliphatic rings. The van der Waals surface area contributed by atoms with Crippen LogP contribution < -0.4 is 10.6 Å². The van der Waals surface area contributed by atoms with E-state index < -0.39 is 11.7 Å². The number of hydrogen-bond donors (Lipinski definition) is 2. The van der Waals surface area contributed by atoms with Crippen LogP contribution in [0.4, 0.5) is 13.2 Å². The molecule has 0 aliphatic heterocycles. The Morgan fingerprint density at radius 1 is 1.30 bits per heavy atom. The van der Waals surface area contributed by atoms with Crippen molar-refractivity contribution in [1.29, 1.82) is 0 Å². The quantitative estimate of drug-likeness (QED) is 0.380. The molecule has 0 radical (unpaired) electrons. The first kappa shape index (κ1) is 16.9. The van der Waals surface area contributed by atoms with E-state index >= 15 is 0 Å². The van der Waals surface area contributed by atoms with Crippen molar-refractivity contribution in [3.05, 3.63) is 47.5 Å². The third-order valence-electron chi connectivity index (χ3n) is 3.34. The summed E-state index contributed by atoms with van der Waals surface area (Å²) in [6, 6.07) is 5.32. The smallest absolute Gasteiger partial charge is 0.353 e. The summed E-state index contributed by atoms with van der Waals surface area (Å²) in [5.74, 6) is 6.16. The van der Waals surface area contributed by atoms with Gasteiger partial charge < -0.3 is 10.6 Å². The summed E-state index contributed by atoms with van der Waals surface area (Å²) in [6.45, 7) is 0.302. The molecule has 0 fully saturated rings. The first-order valence-electron chi connectivity index (χ1n) is 7.27. The Hall–Kier alpha value is -2.42. The zero-order valence-electron chi connectivity index (χ0n) is 12.7. The SMILES string of the molecule is CN=C(NCC#Cc1cccc(C(F)(F)F)c1)NC1CC=CC1. The third-order valence-corrected chi connectivity index (χ3v) is 3.34. The molecule has 0 heterocycles. The monoisotopic (exact) mass is 321 g/mol. The highest BCUT2D eigenvalue weighted by molar-refractivity contribution is 5.80. The molecule has 2 rings (SSSR count). The Bertz CT molecular complexity index is 643. The molecule has 0 unspecified atom stereocenters. The maximum atomic E-state index is 12.6. The van der Waals surface area contributed by atoms with Crippen molar-refractivity contribution in [1.82, 2.24) is 10.6 Å². The van der Waals surface area contributed by atoms with E-state index in [1.165, 1.54) is 6.07 Å². The van der Waals surface area contributed by atoms with Gasteiger partial charge in [-0.05, 0) is 31.0 Å². The summed E-state index contributed by atoms with van der Waals surface area (Å²) < 4.78 is 37.8. The lowest BCUT2D eigenvalue weighted by atomic mass is 10.1. The number of rotatable bonds is 2. The number of nitrogens with zero attached hydrogens (tertiary/aromatic N) is 1. The average Bonchev–Trinajstić information content (AvgIpc) is 3.03. The number of hydrogen-bond acceptors (Lipinski definition) is 1. The van der Waals surface area contributed by atoms with Crippen molar-refractivity contribution >= 4 is 5.96 Å². The predicted molar refractivity (Wildman–Crippen MR) is 85.0 cm³/mol. The van der Waals surface area contributed by atoms with Crippen LogP contribution in [-0.2, 0) is 6.18 Å². The third kappa shape index (κ3) is 5.37. The lowest BCUT2D eigenvalue weighted by molar-refractivity contribution is -0.137. The van der Waals surface area contributed by atoms with Crippen LogP contribution in [0, 0.1) is 11.8 Å². The van der Waals surface area contributed by atoms with E-state index in [2.05, 4.69) is 39.6 Å². The van der Waals surface area contributed by atoms with Crippen molar-refractivity contribution in [2.24, 2.45) is 4.99 Å². The van der Waals surface area contributed by atoms with Gasteiger partial charge in [0.1, 0.15) is 0 Å². The highest BCUT2D eigenvalue weighted by atomic mass is 19.4. The van der Waals surface area contributed by atoms with Crippen molar-refractivity contribution in [2.75, 3.05) is 13.6 Å². The van der Waals surface area contributed by atoms with Crippen molar-refractivity contribution in [3.8, 4) is 11.8 Å². The molecule has 1 aliphatic carbocycles. The number of benzene rings is 1. The minimum absolute atomic E-state index is 0.302. The molecular weight excluding hydrogens is 303 g/mol. The average molecular weight is 321 g/mol. The van der Waals surface area contributed by atoms with Crippen LogP contribution in [0.2, 0.25) is 0 Å². The Morgan fingerprint density at radius 3 is 2.70 bits per heavy atom. The van der Waals surface area contributed by atoms with Gasteiger partial charge >= 0.3 is 6.18 Å². The van der Waals surface area contributed by atoms with E-state index in [0.717, 1.165) is 25.0 Å².